The summed E-state index contributed by atoms with van der Waals surface area (Å²) >= 11 is 1.88. The Morgan fingerprint density at radius 2 is 1.02 bits per heavy atom. The van der Waals surface area contributed by atoms with E-state index in [2.05, 4.69) is 219 Å². The summed E-state index contributed by atoms with van der Waals surface area (Å²) in [5.41, 5.74) is 15.3. The summed E-state index contributed by atoms with van der Waals surface area (Å²) in [5.74, 6) is 0. The van der Waals surface area contributed by atoms with Crippen molar-refractivity contribution in [3.63, 3.8) is 0 Å². The van der Waals surface area contributed by atoms with Gasteiger partial charge in [0.1, 0.15) is 11.2 Å². The van der Waals surface area contributed by atoms with Gasteiger partial charge in [0.05, 0.1) is 0 Å². The van der Waals surface area contributed by atoms with Gasteiger partial charge in [-0.3, -0.25) is 0 Å². The van der Waals surface area contributed by atoms with Crippen LogP contribution in [-0.4, -0.2) is 0 Å². The van der Waals surface area contributed by atoms with Crippen LogP contribution in [-0.2, 0) is 5.41 Å². The molecule has 3 heteroatoms. The molecule has 1 aliphatic rings. The lowest BCUT2D eigenvalue weighted by molar-refractivity contribution is 0.660. The van der Waals surface area contributed by atoms with Gasteiger partial charge >= 0.3 is 0 Å². The molecule has 2 aromatic heterocycles. The highest BCUT2D eigenvalue weighted by molar-refractivity contribution is 7.25. The lowest BCUT2D eigenvalue weighted by Gasteiger charge is -2.26. The highest BCUT2D eigenvalue weighted by Crippen LogP contribution is 2.54. The molecule has 0 saturated carbocycles. The monoisotopic (exact) mass is 809 g/mol. The van der Waals surface area contributed by atoms with E-state index in [-0.39, 0.29) is 5.41 Å². The summed E-state index contributed by atoms with van der Waals surface area (Å²) in [6, 6.07) is 73.5. The van der Waals surface area contributed by atoms with Crippen molar-refractivity contribution in [2.75, 3.05) is 4.90 Å². The molecule has 0 fully saturated rings. The zero-order valence-electron chi connectivity index (χ0n) is 34.3. The van der Waals surface area contributed by atoms with E-state index in [4.69, 9.17) is 4.42 Å². The van der Waals surface area contributed by atoms with Gasteiger partial charge in [-0.1, -0.05) is 141 Å². The Labute approximate surface area is 363 Å². The van der Waals surface area contributed by atoms with Crippen LogP contribution in [0, 0.1) is 0 Å². The Balaban J connectivity index is 1.15. The van der Waals surface area contributed by atoms with E-state index >= 15 is 0 Å². The molecule has 0 bridgehead atoms. The molecule has 0 radical (unpaired) electrons. The second-order valence-electron chi connectivity index (χ2n) is 17.2. The molecule has 292 valence electrons. The molecule has 0 spiro atoms. The summed E-state index contributed by atoms with van der Waals surface area (Å²) in [6.45, 7) is 4.76. The molecule has 1 aliphatic carbocycles. The Kier molecular flexibility index (Phi) is 7.56. The average molecular weight is 810 g/mol. The van der Waals surface area contributed by atoms with Gasteiger partial charge in [0.2, 0.25) is 0 Å². The van der Waals surface area contributed by atoms with Gasteiger partial charge in [0.15, 0.2) is 0 Å². The van der Waals surface area contributed by atoms with Crippen molar-refractivity contribution in [3.8, 4) is 33.4 Å². The fraction of sp³-hybridized carbons (Fsp3) is 0.0508. The van der Waals surface area contributed by atoms with Crippen LogP contribution in [0.5, 0.6) is 0 Å². The molecule has 0 saturated heterocycles. The quantitative estimate of drug-likeness (QED) is 0.161. The van der Waals surface area contributed by atoms with E-state index in [0.717, 1.165) is 50.0 Å². The van der Waals surface area contributed by atoms with Gasteiger partial charge < -0.3 is 9.32 Å². The molecule has 2 nitrogen and oxygen atoms in total. The molecule has 0 aliphatic heterocycles. The maximum Gasteiger partial charge on any atom is 0.143 e. The normalized spacial score (nSPS) is 13.1. The molecule has 12 aromatic rings. The topological polar surface area (TPSA) is 16.4 Å². The molecule has 13 rings (SSSR count). The largest absolute Gasteiger partial charge is 0.455 e. The van der Waals surface area contributed by atoms with Gasteiger partial charge in [-0.2, -0.15) is 0 Å². The molecule has 0 N–H and O–H groups in total. The molecular formula is C59H39NOS. The summed E-state index contributed by atoms with van der Waals surface area (Å²) in [6.07, 6.45) is 0. The van der Waals surface area contributed by atoms with Gasteiger partial charge in [-0.05, 0) is 133 Å². The molecule has 0 unspecified atom stereocenters. The van der Waals surface area contributed by atoms with E-state index in [1.807, 2.05) is 11.3 Å². The van der Waals surface area contributed by atoms with Crippen LogP contribution < -0.4 is 4.90 Å². The second kappa shape index (κ2) is 13.3. The predicted octanol–water partition coefficient (Wildman–Crippen LogP) is 17.4. The average Bonchev–Trinajstić information content (AvgIpc) is 3.96. The van der Waals surface area contributed by atoms with Crippen LogP contribution in [0.15, 0.2) is 205 Å². The number of thiophene rings is 1. The van der Waals surface area contributed by atoms with Crippen LogP contribution in [0.1, 0.15) is 25.0 Å². The molecule has 2 heterocycles. The van der Waals surface area contributed by atoms with Crippen molar-refractivity contribution in [2.24, 2.45) is 0 Å². The minimum Gasteiger partial charge on any atom is -0.455 e. The Morgan fingerprint density at radius 3 is 1.81 bits per heavy atom. The number of rotatable bonds is 5. The number of nitrogens with zero attached hydrogens (tertiary/aromatic N) is 1. The third kappa shape index (κ3) is 5.09. The van der Waals surface area contributed by atoms with E-state index in [9.17, 15) is 0 Å². The maximum atomic E-state index is 6.96. The van der Waals surface area contributed by atoms with Crippen molar-refractivity contribution < 1.29 is 4.42 Å². The van der Waals surface area contributed by atoms with Gasteiger partial charge in [0.25, 0.3) is 0 Å². The first-order chi connectivity index (χ1) is 30.5. The van der Waals surface area contributed by atoms with Gasteiger partial charge in [0, 0.05) is 58.8 Å². The zero-order valence-corrected chi connectivity index (χ0v) is 35.1. The third-order valence-corrected chi connectivity index (χ3v) is 14.6. The fourth-order valence-corrected chi connectivity index (χ4v) is 11.7. The van der Waals surface area contributed by atoms with Crippen LogP contribution in [0.4, 0.5) is 17.1 Å². The van der Waals surface area contributed by atoms with E-state index in [1.54, 1.807) is 0 Å². The minimum absolute atomic E-state index is 0.145. The summed E-state index contributed by atoms with van der Waals surface area (Å²) in [4.78, 5) is 2.33. The van der Waals surface area contributed by atoms with Crippen molar-refractivity contribution in [1.29, 1.82) is 0 Å². The molecular weight excluding hydrogens is 771 g/mol. The second-order valence-corrected chi connectivity index (χ2v) is 18.3. The van der Waals surface area contributed by atoms with Crippen molar-refractivity contribution >= 4 is 92.1 Å². The Hall–Kier alpha value is -7.46. The highest BCUT2D eigenvalue weighted by Gasteiger charge is 2.36. The van der Waals surface area contributed by atoms with E-state index < -0.39 is 0 Å². The lowest BCUT2D eigenvalue weighted by Crippen LogP contribution is -2.14. The number of furan rings is 1. The number of para-hydroxylation sites is 3. The predicted molar refractivity (Wildman–Crippen MR) is 265 cm³/mol. The summed E-state index contributed by atoms with van der Waals surface area (Å²) < 4.78 is 9.54. The van der Waals surface area contributed by atoms with E-state index in [0.29, 0.717) is 0 Å². The Bertz CT molecular complexity index is 3720. The smallest absolute Gasteiger partial charge is 0.143 e. The number of hydrogen-bond donors (Lipinski definition) is 0. The van der Waals surface area contributed by atoms with Crippen molar-refractivity contribution in [2.45, 2.75) is 19.3 Å². The number of anilines is 3. The van der Waals surface area contributed by atoms with Gasteiger partial charge in [-0.25, -0.2) is 0 Å². The lowest BCUT2D eigenvalue weighted by atomic mass is 9.79. The van der Waals surface area contributed by atoms with Gasteiger partial charge in [-0.15, -0.1) is 11.3 Å². The molecule has 62 heavy (non-hydrogen) atoms. The summed E-state index contributed by atoms with van der Waals surface area (Å²) in [5, 5.41) is 9.61. The number of hydrogen-bond acceptors (Lipinski definition) is 3. The number of fused-ring (bicyclic) bond motifs is 13. The standard InChI is InChI=1S/C59H39NOS/c1-59(2)50-22-12-9-19-41(50)42-30-27-37(33-51(42)59)56-49-35-54-47(44-21-11-14-24-53(44)62-54)34-48(49)57-46(32-31-45-43-20-10-13-23-52(43)61-58(45)57)55(56)36-25-28-40(29-26-36)60(38-15-5-3-6-16-38)39-17-7-4-8-18-39/h3-35H,1-2H3. The first-order valence-electron chi connectivity index (χ1n) is 21.4. The minimum atomic E-state index is -0.145. The third-order valence-electron chi connectivity index (χ3n) is 13.4. The summed E-state index contributed by atoms with van der Waals surface area (Å²) in [7, 11) is 0. The van der Waals surface area contributed by atoms with Crippen molar-refractivity contribution in [1.82, 2.24) is 0 Å². The van der Waals surface area contributed by atoms with E-state index in [1.165, 1.54) is 75.3 Å². The highest BCUT2D eigenvalue weighted by atomic mass is 32.1. The first kappa shape index (κ1) is 35.3. The molecule has 0 amide bonds. The molecule has 10 aromatic carbocycles. The van der Waals surface area contributed by atoms with Crippen LogP contribution in [0.3, 0.4) is 0 Å². The fourth-order valence-electron chi connectivity index (χ4n) is 10.6. The zero-order chi connectivity index (χ0) is 41.1. The Morgan fingerprint density at radius 1 is 0.403 bits per heavy atom. The van der Waals surface area contributed by atoms with Crippen molar-refractivity contribution in [3.05, 3.63) is 211 Å². The molecule has 0 atom stereocenters. The van der Waals surface area contributed by atoms with Crippen LogP contribution >= 0.6 is 11.3 Å². The van der Waals surface area contributed by atoms with Crippen LogP contribution in [0.2, 0.25) is 0 Å². The SMILES string of the molecule is CC1(C)c2ccccc2-c2ccc(-c3c(-c4ccc(N(c5ccccc5)c5ccccc5)cc4)c4ccc5c6ccccc6oc5c4c4cc5c(cc34)sc3ccccc35)cc21. The number of benzene rings is 10. The van der Waals surface area contributed by atoms with Crippen LogP contribution in [0.25, 0.3) is 97.0 Å². The first-order valence-corrected chi connectivity index (χ1v) is 22.2. The maximum absolute atomic E-state index is 6.96.